The van der Waals surface area contributed by atoms with Crippen molar-refractivity contribution in [2.24, 2.45) is 7.05 Å². The molecule has 1 N–H and O–H groups in total. The molecule has 7 heteroatoms. The van der Waals surface area contributed by atoms with Crippen LogP contribution in [0.5, 0.6) is 0 Å². The summed E-state index contributed by atoms with van der Waals surface area (Å²) in [6.45, 7) is 1.96. The predicted octanol–water partition coefficient (Wildman–Crippen LogP) is 2.29. The second kappa shape index (κ2) is 6.58. The molecule has 2 aromatic rings. The Balaban J connectivity index is 0.00000161. The summed E-state index contributed by atoms with van der Waals surface area (Å²) in [6.07, 6.45) is 5.55. The maximum absolute atomic E-state index is 12.3. The Morgan fingerprint density at radius 2 is 2.33 bits per heavy atom. The number of hydrogen-bond acceptors (Lipinski definition) is 4. The van der Waals surface area contributed by atoms with Crippen LogP contribution < -0.4 is 5.32 Å². The summed E-state index contributed by atoms with van der Waals surface area (Å²) in [7, 11) is 1.73. The van der Waals surface area contributed by atoms with Gasteiger partial charge in [0.25, 0.3) is 0 Å². The topological polar surface area (TPSA) is 59.8 Å². The van der Waals surface area contributed by atoms with Gasteiger partial charge in [0.1, 0.15) is 6.33 Å². The fourth-order valence-electron chi connectivity index (χ4n) is 2.07. The van der Waals surface area contributed by atoms with E-state index in [1.807, 2.05) is 13.0 Å². The first-order valence-corrected chi connectivity index (χ1v) is 7.15. The first kappa shape index (κ1) is 16.0. The van der Waals surface area contributed by atoms with E-state index in [1.165, 1.54) is 11.0 Å². The van der Waals surface area contributed by atoms with Gasteiger partial charge >= 0.3 is 0 Å². The number of anilines is 1. The molecule has 1 aromatic carbocycles. The van der Waals surface area contributed by atoms with Crippen LogP contribution in [0.4, 0.5) is 5.95 Å². The molecule has 0 fully saturated rings. The second-order valence-corrected chi connectivity index (χ2v) is 5.48. The summed E-state index contributed by atoms with van der Waals surface area (Å²) in [5.41, 5.74) is 2.65. The van der Waals surface area contributed by atoms with Crippen molar-refractivity contribution in [3.63, 3.8) is 0 Å². The Labute approximate surface area is 141 Å². The SMILES string of the molecule is Cc1c(C(=O)Nc2ncnn2C)c[c-]c2c1SCC=C2.[W]. The molecule has 0 radical (unpaired) electrons. The standard InChI is InChI=1S/C14H13N4OS.W/c1-9-11(6-5-10-4-3-7-20-12(9)10)13(19)17-14-15-8-16-18(14)2;/h3-4,6,8H,7H2,1-2H3,(H,15,16,17,19);/q-1;. The van der Waals surface area contributed by atoms with Gasteiger partial charge in [-0.25, -0.2) is 4.68 Å². The van der Waals surface area contributed by atoms with Crippen LogP contribution in [0.1, 0.15) is 21.5 Å². The van der Waals surface area contributed by atoms with E-state index in [0.29, 0.717) is 11.5 Å². The Hall–Kier alpha value is -1.39. The number of hydrogen-bond donors (Lipinski definition) is 1. The Kier molecular flexibility index (Phi) is 5.01. The molecule has 108 valence electrons. The van der Waals surface area contributed by atoms with Gasteiger partial charge in [0, 0.05) is 28.1 Å². The molecule has 0 saturated heterocycles. The van der Waals surface area contributed by atoms with Crippen molar-refractivity contribution in [2.45, 2.75) is 11.8 Å². The maximum Gasteiger partial charge on any atom is 0.227 e. The summed E-state index contributed by atoms with van der Waals surface area (Å²) < 4.78 is 1.52. The van der Waals surface area contributed by atoms with Crippen LogP contribution in [0.15, 0.2) is 23.4 Å². The largest absolute Gasteiger partial charge is 0.299 e. The maximum atomic E-state index is 12.3. The number of carbonyl (C=O) groups is 1. The zero-order chi connectivity index (χ0) is 14.1. The van der Waals surface area contributed by atoms with E-state index in [-0.39, 0.29) is 27.0 Å². The number of nitrogens with zero attached hydrogens (tertiary/aromatic N) is 3. The summed E-state index contributed by atoms with van der Waals surface area (Å²) >= 11 is 1.73. The monoisotopic (exact) mass is 469 g/mol. The van der Waals surface area contributed by atoms with Crippen LogP contribution in [0.2, 0.25) is 0 Å². The first-order valence-electron chi connectivity index (χ1n) is 6.17. The van der Waals surface area contributed by atoms with E-state index in [2.05, 4.69) is 27.5 Å². The molecule has 0 unspecified atom stereocenters. The molecule has 5 nitrogen and oxygen atoms in total. The smallest absolute Gasteiger partial charge is 0.227 e. The average molecular weight is 469 g/mol. The molecule has 0 bridgehead atoms. The molecule has 0 atom stereocenters. The average Bonchev–Trinajstić information content (AvgIpc) is 2.85. The molecular formula is C14H13N4OSW-. The van der Waals surface area contributed by atoms with E-state index in [0.717, 1.165) is 21.8 Å². The van der Waals surface area contributed by atoms with Crippen LogP contribution in [-0.2, 0) is 28.1 Å². The van der Waals surface area contributed by atoms with Crippen molar-refractivity contribution in [3.05, 3.63) is 41.2 Å². The third-order valence-electron chi connectivity index (χ3n) is 3.15. The Bertz CT molecular complexity index is 711. The van der Waals surface area contributed by atoms with Gasteiger partial charge in [-0.2, -0.15) is 21.8 Å². The predicted molar refractivity (Wildman–Crippen MR) is 78.7 cm³/mol. The molecular weight excluding hydrogens is 456 g/mol. The van der Waals surface area contributed by atoms with Gasteiger partial charge in [-0.1, -0.05) is 11.8 Å². The molecule has 2 heterocycles. The number of amides is 1. The third kappa shape index (κ3) is 3.11. The number of fused-ring (bicyclic) bond motifs is 1. The number of benzene rings is 1. The molecule has 0 aliphatic carbocycles. The summed E-state index contributed by atoms with van der Waals surface area (Å²) in [5, 5.41) is 6.68. The van der Waals surface area contributed by atoms with Gasteiger partial charge in [0.2, 0.25) is 11.9 Å². The molecule has 1 aliphatic rings. The van der Waals surface area contributed by atoms with E-state index < -0.39 is 0 Å². The van der Waals surface area contributed by atoms with Gasteiger partial charge in [-0.05, 0) is 11.3 Å². The quantitative estimate of drug-likeness (QED) is 0.687. The van der Waals surface area contributed by atoms with E-state index in [9.17, 15) is 4.79 Å². The van der Waals surface area contributed by atoms with Gasteiger partial charge in [0.05, 0.1) is 0 Å². The third-order valence-corrected chi connectivity index (χ3v) is 4.32. The normalized spacial score (nSPS) is 12.5. The number of aromatic nitrogens is 3. The van der Waals surface area contributed by atoms with Crippen molar-refractivity contribution < 1.29 is 25.9 Å². The van der Waals surface area contributed by atoms with E-state index in [1.54, 1.807) is 24.9 Å². The van der Waals surface area contributed by atoms with E-state index in [4.69, 9.17) is 0 Å². The number of aryl methyl sites for hydroxylation is 1. The number of rotatable bonds is 2. The number of carbonyl (C=O) groups excluding carboxylic acids is 1. The molecule has 0 spiro atoms. The van der Waals surface area contributed by atoms with Gasteiger partial charge < -0.3 is 0 Å². The molecule has 3 rings (SSSR count). The Morgan fingerprint density at radius 1 is 1.52 bits per heavy atom. The van der Waals surface area contributed by atoms with Gasteiger partial charge in [-0.3, -0.25) is 10.1 Å². The minimum absolute atomic E-state index is 0. The zero-order valence-electron chi connectivity index (χ0n) is 11.6. The minimum Gasteiger partial charge on any atom is -0.299 e. The second-order valence-electron chi connectivity index (χ2n) is 4.44. The molecule has 21 heavy (non-hydrogen) atoms. The Morgan fingerprint density at radius 3 is 3.05 bits per heavy atom. The fraction of sp³-hybridized carbons (Fsp3) is 0.214. The van der Waals surface area contributed by atoms with Crippen LogP contribution in [0.3, 0.4) is 0 Å². The van der Waals surface area contributed by atoms with Crippen molar-refractivity contribution in [1.82, 2.24) is 14.8 Å². The van der Waals surface area contributed by atoms with Gasteiger partial charge in [0.15, 0.2) is 0 Å². The first-order chi connectivity index (χ1) is 9.66. The summed E-state index contributed by atoms with van der Waals surface area (Å²) in [4.78, 5) is 17.4. The van der Waals surface area contributed by atoms with Crippen molar-refractivity contribution >= 4 is 29.7 Å². The summed E-state index contributed by atoms with van der Waals surface area (Å²) in [5.74, 6) is 1.17. The van der Waals surface area contributed by atoms with Gasteiger partial charge in [-0.15, -0.1) is 35.4 Å². The summed E-state index contributed by atoms with van der Waals surface area (Å²) in [6, 6.07) is 4.89. The zero-order valence-corrected chi connectivity index (χ0v) is 15.3. The molecule has 1 aromatic heterocycles. The molecule has 0 saturated carbocycles. The van der Waals surface area contributed by atoms with Crippen molar-refractivity contribution in [3.8, 4) is 0 Å². The van der Waals surface area contributed by atoms with Crippen LogP contribution in [0.25, 0.3) is 6.08 Å². The van der Waals surface area contributed by atoms with Crippen LogP contribution in [-0.4, -0.2) is 26.4 Å². The number of nitrogens with one attached hydrogen (secondary N) is 1. The van der Waals surface area contributed by atoms with Crippen molar-refractivity contribution in [1.29, 1.82) is 0 Å². The molecule has 1 aliphatic heterocycles. The van der Waals surface area contributed by atoms with Crippen molar-refractivity contribution in [2.75, 3.05) is 11.1 Å². The van der Waals surface area contributed by atoms with E-state index >= 15 is 0 Å². The van der Waals surface area contributed by atoms with Crippen LogP contribution in [0, 0.1) is 13.0 Å². The fourth-order valence-corrected chi connectivity index (χ4v) is 3.04. The minimum atomic E-state index is -0.187. The van der Waals surface area contributed by atoms with Crippen LogP contribution >= 0.6 is 11.8 Å². The molecule has 1 amide bonds. The number of thioether (sulfide) groups is 1.